The zero-order chi connectivity index (χ0) is 37.6. The third kappa shape index (κ3) is 10.3. The molecule has 11 heteroatoms. The Bertz CT molecular complexity index is 1680. The molecule has 2 amide bonds. The van der Waals surface area contributed by atoms with Crippen LogP contribution in [-0.4, -0.2) is 76.6 Å². The molecule has 1 unspecified atom stereocenters. The molecule has 1 atom stereocenters. The van der Waals surface area contributed by atoms with Crippen LogP contribution in [0.4, 0.5) is 4.79 Å². The summed E-state index contributed by atoms with van der Waals surface area (Å²) < 4.78 is 16.9. The Morgan fingerprint density at radius 1 is 0.923 bits per heavy atom. The van der Waals surface area contributed by atoms with Crippen LogP contribution in [0.3, 0.4) is 0 Å². The molecule has 3 aromatic carbocycles. The number of methoxy groups -OCH3 is 1. The van der Waals surface area contributed by atoms with Crippen LogP contribution in [0.2, 0.25) is 10.0 Å². The molecule has 0 radical (unpaired) electrons. The van der Waals surface area contributed by atoms with E-state index in [1.165, 1.54) is 4.90 Å². The number of nitrogens with zero attached hydrogens (tertiary/aromatic N) is 2. The van der Waals surface area contributed by atoms with Gasteiger partial charge in [0.1, 0.15) is 24.7 Å². The van der Waals surface area contributed by atoms with Crippen molar-refractivity contribution in [3.05, 3.63) is 86.9 Å². The fourth-order valence-corrected chi connectivity index (χ4v) is 7.83. The predicted octanol–water partition coefficient (Wildman–Crippen LogP) is 8.95. The van der Waals surface area contributed by atoms with Gasteiger partial charge in [-0.05, 0) is 137 Å². The molecule has 2 N–H and O–H groups in total. The summed E-state index contributed by atoms with van der Waals surface area (Å²) in [4.78, 5) is 30.9. The maximum atomic E-state index is 14.9. The van der Waals surface area contributed by atoms with Crippen LogP contribution in [0.1, 0.15) is 75.1 Å². The van der Waals surface area contributed by atoms with Crippen molar-refractivity contribution in [3.8, 4) is 17.2 Å². The van der Waals surface area contributed by atoms with E-state index in [2.05, 4.69) is 6.07 Å². The number of amides is 2. The van der Waals surface area contributed by atoms with Gasteiger partial charge in [-0.15, -0.1) is 0 Å². The Hall–Kier alpha value is -3.66. The highest BCUT2D eigenvalue weighted by Crippen LogP contribution is 2.58. The fourth-order valence-electron chi connectivity index (χ4n) is 7.13. The Morgan fingerprint density at radius 2 is 1.56 bits per heavy atom. The van der Waals surface area contributed by atoms with Crippen LogP contribution in [0, 0.1) is 18.8 Å². The van der Waals surface area contributed by atoms with E-state index in [1.54, 1.807) is 31.4 Å². The normalized spacial score (nSPS) is 15.5. The van der Waals surface area contributed by atoms with E-state index in [0.29, 0.717) is 47.0 Å². The SMILES string of the molecule is COCCCc1cc(O)cc(CN(C(=O)C(Cc2ccc(OCCOc3c(Cl)cc(C)cc3Cl)cc2)CN(C(=O)O)C(C)(C)C)C2(C3CC3)CC2)c1. The number of hydrogen-bond donors (Lipinski definition) is 2. The number of hydrogen-bond acceptors (Lipinski definition) is 6. The molecule has 2 aliphatic carbocycles. The topological polar surface area (TPSA) is 109 Å². The Labute approximate surface area is 317 Å². The number of carbonyl (C=O) groups excluding carboxylic acids is 1. The molecular weight excluding hydrogens is 703 g/mol. The Morgan fingerprint density at radius 3 is 2.13 bits per heavy atom. The summed E-state index contributed by atoms with van der Waals surface area (Å²) in [7, 11) is 1.67. The number of phenols is 1. The zero-order valence-corrected chi connectivity index (χ0v) is 32.4. The molecule has 9 nitrogen and oxygen atoms in total. The molecule has 0 aromatic heterocycles. The average molecular weight is 756 g/mol. The van der Waals surface area contributed by atoms with Gasteiger partial charge in [0.15, 0.2) is 5.75 Å². The number of halogens is 2. The maximum Gasteiger partial charge on any atom is 0.407 e. The lowest BCUT2D eigenvalue weighted by atomic mass is 9.93. The van der Waals surface area contributed by atoms with E-state index in [1.807, 2.05) is 56.9 Å². The van der Waals surface area contributed by atoms with Gasteiger partial charge in [-0.2, -0.15) is 0 Å². The van der Waals surface area contributed by atoms with Gasteiger partial charge in [0.2, 0.25) is 5.91 Å². The number of carboxylic acid groups (broad SMARTS) is 1. The summed E-state index contributed by atoms with van der Waals surface area (Å²) in [5, 5.41) is 21.8. The number of rotatable bonds is 18. The first-order valence-corrected chi connectivity index (χ1v) is 18.9. The number of ether oxygens (including phenoxy) is 3. The number of phenolic OH excluding ortho intramolecular Hbond substituents is 1. The van der Waals surface area contributed by atoms with Gasteiger partial charge in [0.25, 0.3) is 0 Å². The highest BCUT2D eigenvalue weighted by molar-refractivity contribution is 6.37. The lowest BCUT2D eigenvalue weighted by Crippen LogP contribution is -2.53. The first kappa shape index (κ1) is 39.5. The van der Waals surface area contributed by atoms with Gasteiger partial charge in [-0.25, -0.2) is 4.79 Å². The van der Waals surface area contributed by atoms with Crippen LogP contribution >= 0.6 is 23.2 Å². The molecule has 2 fully saturated rings. The Balaban J connectivity index is 1.34. The van der Waals surface area contributed by atoms with Crippen LogP contribution in [0.5, 0.6) is 17.2 Å². The number of benzene rings is 3. The van der Waals surface area contributed by atoms with Crippen molar-refractivity contribution in [2.45, 2.75) is 90.3 Å². The van der Waals surface area contributed by atoms with Crippen molar-refractivity contribution in [1.82, 2.24) is 9.80 Å². The van der Waals surface area contributed by atoms with Gasteiger partial charge < -0.3 is 34.2 Å². The smallest absolute Gasteiger partial charge is 0.407 e. The predicted molar refractivity (Wildman–Crippen MR) is 204 cm³/mol. The summed E-state index contributed by atoms with van der Waals surface area (Å²) in [6, 6.07) is 16.7. The lowest BCUT2D eigenvalue weighted by Gasteiger charge is -2.39. The molecule has 2 saturated carbocycles. The molecule has 3 aromatic rings. The molecule has 0 heterocycles. The van der Waals surface area contributed by atoms with Crippen LogP contribution in [-0.2, 0) is 28.9 Å². The lowest BCUT2D eigenvalue weighted by molar-refractivity contribution is -0.141. The van der Waals surface area contributed by atoms with E-state index in [9.17, 15) is 19.8 Å². The van der Waals surface area contributed by atoms with Gasteiger partial charge in [0.05, 0.1) is 16.0 Å². The van der Waals surface area contributed by atoms with Crippen LogP contribution in [0.15, 0.2) is 54.6 Å². The monoisotopic (exact) mass is 754 g/mol. The quantitative estimate of drug-likeness (QED) is 0.125. The van der Waals surface area contributed by atoms with Gasteiger partial charge in [-0.1, -0.05) is 41.4 Å². The maximum absolute atomic E-state index is 14.9. The highest BCUT2D eigenvalue weighted by atomic mass is 35.5. The summed E-state index contributed by atoms with van der Waals surface area (Å²) >= 11 is 12.6. The summed E-state index contributed by atoms with van der Waals surface area (Å²) in [6.45, 7) is 8.99. The molecule has 0 aliphatic heterocycles. The van der Waals surface area contributed by atoms with Crippen LogP contribution in [0.25, 0.3) is 0 Å². The van der Waals surface area contributed by atoms with Gasteiger partial charge in [0, 0.05) is 37.9 Å². The van der Waals surface area contributed by atoms with Crippen molar-refractivity contribution in [1.29, 1.82) is 0 Å². The molecular formula is C41H52Cl2N2O7. The Kier molecular flexibility index (Phi) is 12.9. The van der Waals surface area contributed by atoms with Gasteiger partial charge >= 0.3 is 6.09 Å². The first-order valence-electron chi connectivity index (χ1n) is 18.1. The first-order chi connectivity index (χ1) is 24.7. The van der Waals surface area contributed by atoms with E-state index in [4.69, 9.17) is 37.4 Å². The van der Waals surface area contributed by atoms with E-state index in [0.717, 1.165) is 60.8 Å². The van der Waals surface area contributed by atoms with Crippen molar-refractivity contribution in [3.63, 3.8) is 0 Å². The number of aromatic hydroxyl groups is 1. The minimum Gasteiger partial charge on any atom is -0.508 e. The van der Waals surface area contributed by atoms with Crippen molar-refractivity contribution in [2.24, 2.45) is 11.8 Å². The molecule has 0 bridgehead atoms. The second kappa shape index (κ2) is 17.0. The van der Waals surface area contributed by atoms with Crippen LogP contribution < -0.4 is 9.47 Å². The standard InChI is InChI=1S/C41H52Cl2N2O7/c1-27-19-35(42)37(36(43)20-27)52-18-17-51-34-12-8-28(9-13-34)22-31(26-45(39(48)49)40(2,3)4)38(47)44(41(14-15-41)32-10-11-32)25-30-21-29(7-6-16-50-5)23-33(46)24-30/h8-9,12-13,19-21,23-24,31-32,46H,6-7,10-11,14-18,22,25-26H2,1-5H3,(H,48,49). The molecule has 0 spiro atoms. The van der Waals surface area contributed by atoms with E-state index < -0.39 is 17.6 Å². The minimum absolute atomic E-state index is 0.0525. The van der Waals surface area contributed by atoms with Crippen molar-refractivity contribution >= 4 is 35.2 Å². The molecule has 2 aliphatic rings. The highest BCUT2D eigenvalue weighted by Gasteiger charge is 2.59. The average Bonchev–Trinajstić information content (AvgIpc) is 3.99. The third-order valence-corrected chi connectivity index (χ3v) is 10.6. The second-order valence-corrected chi connectivity index (χ2v) is 16.1. The largest absolute Gasteiger partial charge is 0.508 e. The van der Waals surface area contributed by atoms with Gasteiger partial charge in [-0.3, -0.25) is 4.79 Å². The summed E-state index contributed by atoms with van der Waals surface area (Å²) in [5.41, 5.74) is 2.76. The fraction of sp³-hybridized carbons (Fsp3) is 0.512. The summed E-state index contributed by atoms with van der Waals surface area (Å²) in [5.74, 6) is 0.975. The van der Waals surface area contributed by atoms with Crippen molar-refractivity contribution in [2.75, 3.05) is 33.5 Å². The third-order valence-electron chi connectivity index (χ3n) is 10.0. The second-order valence-electron chi connectivity index (χ2n) is 15.3. The zero-order valence-electron chi connectivity index (χ0n) is 30.9. The minimum atomic E-state index is -1.06. The number of carbonyl (C=O) groups is 2. The molecule has 5 rings (SSSR count). The van der Waals surface area contributed by atoms with Crippen molar-refractivity contribution < 1.29 is 34.0 Å². The molecule has 52 heavy (non-hydrogen) atoms. The number of aryl methyl sites for hydroxylation is 2. The van der Waals surface area contributed by atoms with E-state index in [-0.39, 0.29) is 37.0 Å². The summed E-state index contributed by atoms with van der Waals surface area (Å²) in [6.07, 6.45) is 4.88. The molecule has 0 saturated heterocycles. The van der Waals surface area contributed by atoms with E-state index >= 15 is 0 Å². The molecule has 282 valence electrons.